The van der Waals surface area contributed by atoms with Crippen LogP contribution >= 0.6 is 38.9 Å². The first-order valence-corrected chi connectivity index (χ1v) is 6.83. The smallest absolute Gasteiger partial charge is 0.204 e. The van der Waals surface area contributed by atoms with E-state index in [1.54, 1.807) is 18.2 Å². The van der Waals surface area contributed by atoms with Gasteiger partial charge < -0.3 is 5.73 Å². The quantitative estimate of drug-likeness (QED) is 0.659. The number of ketones is 1. The maximum atomic E-state index is 12.2. The summed E-state index contributed by atoms with van der Waals surface area (Å²) in [7, 11) is 0. The van der Waals surface area contributed by atoms with E-state index in [2.05, 4.69) is 15.9 Å². The van der Waals surface area contributed by atoms with Crippen LogP contribution in [0.3, 0.4) is 0 Å². The molecular formula is C12H9BrClNOS. The van der Waals surface area contributed by atoms with Gasteiger partial charge in [0.15, 0.2) is 0 Å². The van der Waals surface area contributed by atoms with E-state index < -0.39 is 0 Å². The van der Waals surface area contributed by atoms with Gasteiger partial charge in [0.2, 0.25) is 5.78 Å². The third-order valence-corrected chi connectivity index (χ3v) is 4.54. The lowest BCUT2D eigenvalue weighted by Crippen LogP contribution is -2.00. The van der Waals surface area contributed by atoms with Gasteiger partial charge in [0.25, 0.3) is 0 Å². The molecule has 0 fully saturated rings. The van der Waals surface area contributed by atoms with Gasteiger partial charge in [0.1, 0.15) is 0 Å². The Labute approximate surface area is 117 Å². The molecule has 2 aromatic rings. The molecule has 1 aromatic carbocycles. The first kappa shape index (κ1) is 12.6. The fourth-order valence-electron chi connectivity index (χ4n) is 1.44. The number of aryl methyl sites for hydroxylation is 1. The average Bonchev–Trinajstić information content (AvgIpc) is 2.61. The molecule has 0 atom stereocenters. The molecule has 2 nitrogen and oxygen atoms in total. The average molecular weight is 331 g/mol. The molecule has 2 N–H and O–H groups in total. The zero-order chi connectivity index (χ0) is 12.6. The summed E-state index contributed by atoms with van der Waals surface area (Å²) in [6, 6.07) is 6.85. The lowest BCUT2D eigenvalue weighted by molar-refractivity contribution is 0.104. The zero-order valence-corrected chi connectivity index (χ0v) is 12.1. The van der Waals surface area contributed by atoms with Gasteiger partial charge in [-0.2, -0.15) is 0 Å². The predicted molar refractivity (Wildman–Crippen MR) is 76.1 cm³/mol. The fraction of sp³-hybridized carbons (Fsp3) is 0.0833. The highest BCUT2D eigenvalue weighted by Gasteiger charge is 2.16. The molecule has 0 spiro atoms. The van der Waals surface area contributed by atoms with Crippen LogP contribution in [0, 0.1) is 6.92 Å². The van der Waals surface area contributed by atoms with Crippen LogP contribution in [0.1, 0.15) is 20.1 Å². The number of carbonyl (C=O) groups excluding carboxylic acids is 1. The van der Waals surface area contributed by atoms with Crippen molar-refractivity contribution >= 4 is 50.3 Å². The molecule has 0 aliphatic rings. The molecule has 88 valence electrons. The van der Waals surface area contributed by atoms with Crippen molar-refractivity contribution in [3.05, 3.63) is 49.1 Å². The van der Waals surface area contributed by atoms with Crippen LogP contribution in [0.15, 0.2) is 28.7 Å². The minimum Gasteiger partial charge on any atom is -0.398 e. The summed E-state index contributed by atoms with van der Waals surface area (Å²) in [5.41, 5.74) is 6.64. The van der Waals surface area contributed by atoms with Gasteiger partial charge in [-0.3, -0.25) is 4.79 Å². The molecule has 0 amide bonds. The Hall–Kier alpha value is -0.840. The molecule has 0 unspecified atom stereocenters. The minimum absolute atomic E-state index is 0.0446. The lowest BCUT2D eigenvalue weighted by Gasteiger charge is -2.02. The number of anilines is 1. The first-order chi connectivity index (χ1) is 7.99. The van der Waals surface area contributed by atoms with Crippen molar-refractivity contribution in [1.29, 1.82) is 0 Å². The van der Waals surface area contributed by atoms with Crippen LogP contribution < -0.4 is 5.73 Å². The molecule has 0 aliphatic carbocycles. The lowest BCUT2D eigenvalue weighted by atomic mass is 10.1. The normalized spacial score (nSPS) is 10.5. The fourth-order valence-corrected chi connectivity index (χ4v) is 3.40. The van der Waals surface area contributed by atoms with Gasteiger partial charge in [0, 0.05) is 14.9 Å². The minimum atomic E-state index is -0.0446. The van der Waals surface area contributed by atoms with Crippen molar-refractivity contribution in [3.63, 3.8) is 0 Å². The van der Waals surface area contributed by atoms with E-state index in [0.29, 0.717) is 21.2 Å². The highest BCUT2D eigenvalue weighted by atomic mass is 79.9. The molecule has 0 saturated carbocycles. The third kappa shape index (κ3) is 2.54. The van der Waals surface area contributed by atoms with E-state index in [4.69, 9.17) is 17.3 Å². The second-order valence-electron chi connectivity index (χ2n) is 3.60. The summed E-state index contributed by atoms with van der Waals surface area (Å²) in [4.78, 5) is 14.0. The van der Waals surface area contributed by atoms with E-state index >= 15 is 0 Å². The van der Waals surface area contributed by atoms with Gasteiger partial charge in [-0.05, 0) is 47.1 Å². The van der Waals surface area contributed by atoms with Gasteiger partial charge in [-0.1, -0.05) is 11.6 Å². The summed E-state index contributed by atoms with van der Waals surface area (Å²) in [5, 5.41) is 0.403. The summed E-state index contributed by atoms with van der Waals surface area (Å²) in [6.45, 7) is 1.96. The highest BCUT2D eigenvalue weighted by Crippen LogP contribution is 2.30. The van der Waals surface area contributed by atoms with Crippen LogP contribution in [0.4, 0.5) is 5.69 Å². The number of benzene rings is 1. The monoisotopic (exact) mass is 329 g/mol. The van der Waals surface area contributed by atoms with Gasteiger partial charge >= 0.3 is 0 Å². The zero-order valence-electron chi connectivity index (χ0n) is 8.96. The van der Waals surface area contributed by atoms with E-state index in [0.717, 1.165) is 9.35 Å². The summed E-state index contributed by atoms with van der Waals surface area (Å²) in [6.07, 6.45) is 0. The molecule has 2 rings (SSSR count). The van der Waals surface area contributed by atoms with Crippen molar-refractivity contribution in [3.8, 4) is 0 Å². The molecule has 0 saturated heterocycles. The van der Waals surface area contributed by atoms with Crippen molar-refractivity contribution in [2.45, 2.75) is 6.92 Å². The highest BCUT2D eigenvalue weighted by molar-refractivity contribution is 9.10. The number of hydrogen-bond acceptors (Lipinski definition) is 3. The summed E-state index contributed by atoms with van der Waals surface area (Å²) < 4.78 is 0.818. The van der Waals surface area contributed by atoms with Gasteiger partial charge in [-0.15, -0.1) is 11.3 Å². The van der Waals surface area contributed by atoms with Crippen molar-refractivity contribution in [2.75, 3.05) is 5.73 Å². The molecule has 0 aliphatic heterocycles. The standard InChI is InChI=1S/C12H9BrClNOS/c1-6-4-8(13)12(17-6)11(16)7-2-3-10(15)9(14)5-7/h2-5H,15H2,1H3. The van der Waals surface area contributed by atoms with E-state index in [1.807, 2.05) is 13.0 Å². The van der Waals surface area contributed by atoms with Crippen molar-refractivity contribution in [1.82, 2.24) is 0 Å². The van der Waals surface area contributed by atoms with Crippen molar-refractivity contribution < 1.29 is 4.79 Å². The number of halogens is 2. The van der Waals surface area contributed by atoms with Crippen LogP contribution in [0.25, 0.3) is 0 Å². The Morgan fingerprint density at radius 3 is 2.65 bits per heavy atom. The SMILES string of the molecule is Cc1cc(Br)c(C(=O)c2ccc(N)c(Cl)c2)s1. The molecule has 0 bridgehead atoms. The van der Waals surface area contributed by atoms with Crippen LogP contribution in [-0.4, -0.2) is 5.78 Å². The number of nitrogens with two attached hydrogens (primary N) is 1. The molecule has 1 aromatic heterocycles. The maximum Gasteiger partial charge on any atom is 0.204 e. The van der Waals surface area contributed by atoms with E-state index in [-0.39, 0.29) is 5.78 Å². The number of carbonyl (C=O) groups is 1. The Bertz CT molecular complexity index is 594. The van der Waals surface area contributed by atoms with Gasteiger partial charge in [0.05, 0.1) is 15.6 Å². The molecule has 17 heavy (non-hydrogen) atoms. The molecular weight excluding hydrogens is 322 g/mol. The number of nitrogen functional groups attached to an aromatic ring is 1. The summed E-state index contributed by atoms with van der Waals surface area (Å²) >= 11 is 10.7. The topological polar surface area (TPSA) is 43.1 Å². The van der Waals surface area contributed by atoms with E-state index in [1.165, 1.54) is 11.3 Å². The Morgan fingerprint density at radius 2 is 2.12 bits per heavy atom. The molecule has 1 heterocycles. The first-order valence-electron chi connectivity index (χ1n) is 4.84. The van der Waals surface area contributed by atoms with Gasteiger partial charge in [-0.25, -0.2) is 0 Å². The maximum absolute atomic E-state index is 12.2. The molecule has 0 radical (unpaired) electrons. The largest absolute Gasteiger partial charge is 0.398 e. The second kappa shape index (κ2) is 4.80. The summed E-state index contributed by atoms with van der Waals surface area (Å²) in [5.74, 6) is -0.0446. The van der Waals surface area contributed by atoms with Crippen LogP contribution in [0.2, 0.25) is 5.02 Å². The number of hydrogen-bond donors (Lipinski definition) is 1. The third-order valence-electron chi connectivity index (χ3n) is 2.28. The predicted octanol–water partition coefficient (Wildman–Crippen LogP) is 4.29. The van der Waals surface area contributed by atoms with Crippen LogP contribution in [-0.2, 0) is 0 Å². The Morgan fingerprint density at radius 1 is 1.41 bits per heavy atom. The van der Waals surface area contributed by atoms with Crippen LogP contribution in [0.5, 0.6) is 0 Å². The molecule has 5 heteroatoms. The number of thiophene rings is 1. The van der Waals surface area contributed by atoms with E-state index in [9.17, 15) is 4.79 Å². The number of rotatable bonds is 2. The van der Waals surface area contributed by atoms with Crippen molar-refractivity contribution in [2.24, 2.45) is 0 Å². The second-order valence-corrected chi connectivity index (χ2v) is 6.12. The Kier molecular flexibility index (Phi) is 3.56. The Balaban J connectivity index is 2.44.